The van der Waals surface area contributed by atoms with E-state index in [0.29, 0.717) is 12.1 Å². The lowest BCUT2D eigenvalue weighted by Crippen LogP contribution is -2.04. The molecule has 2 aliphatic rings. The average Bonchev–Trinajstić information content (AvgIpc) is 3.32. The van der Waals surface area contributed by atoms with Crippen molar-refractivity contribution in [1.29, 1.82) is 21.0 Å². The topological polar surface area (TPSA) is 147 Å². The minimum Gasteiger partial charge on any atom is -0.199 e. The van der Waals surface area contributed by atoms with Crippen LogP contribution in [0, 0.1) is 69.1 Å². The zero-order valence-electron chi connectivity index (χ0n) is 16.4. The molecule has 2 aromatic rings. The number of hydrogen-bond donors (Lipinski definition) is 0. The van der Waals surface area contributed by atoms with Crippen LogP contribution in [0.1, 0.15) is 11.6 Å². The molecule has 0 saturated carbocycles. The summed E-state index contributed by atoms with van der Waals surface area (Å²) in [5.41, 5.74) is -1.54. The third-order valence-corrected chi connectivity index (χ3v) is 4.70. The molecule has 0 fully saturated rings. The van der Waals surface area contributed by atoms with Gasteiger partial charge in [-0.05, 0) is 23.3 Å². The van der Waals surface area contributed by atoms with Crippen molar-refractivity contribution in [1.82, 2.24) is 19.9 Å². The molecule has 34 heavy (non-hydrogen) atoms. The maximum Gasteiger partial charge on any atom is 0.219 e. The van der Waals surface area contributed by atoms with E-state index in [1.165, 1.54) is 12.2 Å². The molecule has 0 saturated heterocycles. The smallest absolute Gasteiger partial charge is 0.199 e. The molecule has 2 aromatic heterocycles. The highest BCUT2D eigenvalue weighted by atomic mass is 19.1. The van der Waals surface area contributed by atoms with Gasteiger partial charge in [-0.15, -0.1) is 0 Å². The zero-order valence-corrected chi connectivity index (χ0v) is 16.4. The predicted octanol–water partition coefficient (Wildman–Crippen LogP) is 3.30. The van der Waals surface area contributed by atoms with Crippen LogP contribution in [0.5, 0.6) is 0 Å². The Hall–Kier alpha value is -5.46. The summed E-state index contributed by atoms with van der Waals surface area (Å²) in [5.74, 6) is -5.93. The Morgan fingerprint density at radius 3 is 1.12 bits per heavy atom. The van der Waals surface area contributed by atoms with E-state index in [0.717, 1.165) is 0 Å². The summed E-state index contributed by atoms with van der Waals surface area (Å²) in [7, 11) is 0. The van der Waals surface area contributed by atoms with Gasteiger partial charge in [0.05, 0.1) is 0 Å². The third-order valence-electron chi connectivity index (χ3n) is 4.70. The van der Waals surface area contributed by atoms with Crippen LogP contribution in [0.15, 0.2) is 57.7 Å². The Morgan fingerprint density at radius 1 is 0.559 bits per heavy atom. The van der Waals surface area contributed by atoms with Crippen molar-refractivity contribution < 1.29 is 17.6 Å². The molecule has 160 valence electrons. The minimum atomic E-state index is -1.23. The molecule has 4 rings (SSSR count). The van der Waals surface area contributed by atoms with Crippen LogP contribution in [0.25, 0.3) is 11.1 Å². The predicted molar refractivity (Wildman–Crippen MR) is 103 cm³/mol. The summed E-state index contributed by atoms with van der Waals surface area (Å²) in [6.45, 7) is 0. The van der Waals surface area contributed by atoms with Gasteiger partial charge in [-0.1, -0.05) is 0 Å². The van der Waals surface area contributed by atoms with Gasteiger partial charge in [0.1, 0.15) is 35.4 Å². The fourth-order valence-corrected chi connectivity index (χ4v) is 3.48. The molecule has 0 bridgehead atoms. The quantitative estimate of drug-likeness (QED) is 0.380. The van der Waals surface area contributed by atoms with E-state index in [1.807, 2.05) is 0 Å². The summed E-state index contributed by atoms with van der Waals surface area (Å²) in [6.07, 6.45) is 2.41. The van der Waals surface area contributed by atoms with E-state index < -0.39 is 46.6 Å². The first-order valence-corrected chi connectivity index (χ1v) is 9.00. The third kappa shape index (κ3) is 3.48. The van der Waals surface area contributed by atoms with Crippen LogP contribution < -0.4 is 0 Å². The molecule has 0 spiro atoms. The van der Waals surface area contributed by atoms with Gasteiger partial charge in [0.25, 0.3) is 0 Å². The van der Waals surface area contributed by atoms with E-state index in [4.69, 9.17) is 0 Å². The van der Waals surface area contributed by atoms with E-state index in [1.54, 1.807) is 24.3 Å². The largest absolute Gasteiger partial charge is 0.219 e. The molecule has 2 aliphatic carbocycles. The number of allylic oxidation sites excluding steroid dienone is 10. The molecular formula is C22H4F4N8. The summed E-state index contributed by atoms with van der Waals surface area (Å²) in [5, 5.41) is 37.9. The summed E-state index contributed by atoms with van der Waals surface area (Å²) in [4.78, 5) is 14.0. The normalized spacial score (nSPS) is 13.9. The summed E-state index contributed by atoms with van der Waals surface area (Å²) in [6, 6.07) is 7.45. The second-order valence-electron chi connectivity index (χ2n) is 6.56. The molecule has 2 heterocycles. The van der Waals surface area contributed by atoms with Gasteiger partial charge in [0, 0.05) is 34.4 Å². The molecule has 0 aliphatic heterocycles. The Morgan fingerprint density at radius 2 is 0.853 bits per heavy atom. The summed E-state index contributed by atoms with van der Waals surface area (Å²) < 4.78 is 55.1. The highest BCUT2D eigenvalue weighted by molar-refractivity contribution is 6.03. The van der Waals surface area contributed by atoms with Crippen molar-refractivity contribution in [2.24, 2.45) is 0 Å². The lowest BCUT2D eigenvalue weighted by atomic mass is 9.96. The highest BCUT2D eigenvalue weighted by Crippen LogP contribution is 2.50. The van der Waals surface area contributed by atoms with Crippen LogP contribution in [0.3, 0.4) is 0 Å². The fourth-order valence-electron chi connectivity index (χ4n) is 3.48. The maximum atomic E-state index is 13.8. The van der Waals surface area contributed by atoms with Crippen LogP contribution in [-0.2, 0) is 0 Å². The SMILES string of the molecule is N#CC(C#N)=C1C(c2nc(F)cc(F)n2)=CC2=C1C=C(c1nc(F)cc(F)n1)C2=C(C#N)C#N. The lowest BCUT2D eigenvalue weighted by Gasteiger charge is -2.09. The van der Waals surface area contributed by atoms with Crippen LogP contribution in [-0.4, -0.2) is 19.9 Å². The number of hydrogen-bond acceptors (Lipinski definition) is 8. The molecule has 0 radical (unpaired) electrons. The molecule has 8 nitrogen and oxygen atoms in total. The molecule has 0 atom stereocenters. The standard InChI is InChI=1S/C22H4F4N8/c23-15-3-16(24)32-21(31-15)13-1-11-12(20(13)10(7-29)8-30)2-14(19(11)9(5-27)6-28)22-33-17(25)4-18(26)34-22/h1-4H. The molecule has 0 amide bonds. The van der Waals surface area contributed by atoms with Gasteiger partial charge in [0.2, 0.25) is 23.8 Å². The number of rotatable bonds is 2. The molecule has 0 unspecified atom stereocenters. The Balaban J connectivity index is 2.06. The van der Waals surface area contributed by atoms with Crippen molar-refractivity contribution in [3.05, 3.63) is 93.2 Å². The van der Waals surface area contributed by atoms with E-state index in [9.17, 15) is 38.6 Å². The van der Waals surface area contributed by atoms with E-state index in [-0.39, 0.29) is 33.4 Å². The molecular weight excluding hydrogens is 452 g/mol. The minimum absolute atomic E-state index is 0.0441. The number of nitrogens with zero attached hydrogens (tertiary/aromatic N) is 8. The monoisotopic (exact) mass is 456 g/mol. The number of nitriles is 4. The van der Waals surface area contributed by atoms with Gasteiger partial charge >= 0.3 is 0 Å². The first kappa shape index (κ1) is 21.8. The number of halogens is 4. The molecule has 12 heteroatoms. The van der Waals surface area contributed by atoms with Crippen LogP contribution >= 0.6 is 0 Å². The average molecular weight is 456 g/mol. The summed E-state index contributed by atoms with van der Waals surface area (Å²) >= 11 is 0. The Kier molecular flexibility index (Phi) is 5.27. The Bertz CT molecular complexity index is 1440. The molecule has 0 N–H and O–H groups in total. The first-order valence-electron chi connectivity index (χ1n) is 9.00. The van der Waals surface area contributed by atoms with Gasteiger partial charge < -0.3 is 0 Å². The second kappa shape index (κ2) is 8.23. The van der Waals surface area contributed by atoms with Crippen molar-refractivity contribution in [2.75, 3.05) is 0 Å². The number of aromatic nitrogens is 4. The molecule has 0 aromatic carbocycles. The van der Waals surface area contributed by atoms with Crippen molar-refractivity contribution in [2.45, 2.75) is 0 Å². The fraction of sp³-hybridized carbons (Fsp3) is 0. The van der Waals surface area contributed by atoms with E-state index in [2.05, 4.69) is 19.9 Å². The second-order valence-corrected chi connectivity index (χ2v) is 6.56. The van der Waals surface area contributed by atoms with Gasteiger partial charge in [-0.2, -0.15) is 58.5 Å². The van der Waals surface area contributed by atoms with Gasteiger partial charge in [-0.25, -0.2) is 0 Å². The lowest BCUT2D eigenvalue weighted by molar-refractivity contribution is 0.521. The van der Waals surface area contributed by atoms with Crippen molar-refractivity contribution >= 4 is 11.1 Å². The van der Waals surface area contributed by atoms with Crippen LogP contribution in [0.4, 0.5) is 17.6 Å². The van der Waals surface area contributed by atoms with Crippen LogP contribution in [0.2, 0.25) is 0 Å². The maximum absolute atomic E-state index is 13.8. The highest BCUT2D eigenvalue weighted by Gasteiger charge is 2.37. The van der Waals surface area contributed by atoms with Crippen molar-refractivity contribution in [3.8, 4) is 24.3 Å². The van der Waals surface area contributed by atoms with Gasteiger partial charge in [0.15, 0.2) is 11.6 Å². The van der Waals surface area contributed by atoms with Gasteiger partial charge in [-0.3, -0.25) is 0 Å². The Labute approximate surface area is 187 Å². The first-order chi connectivity index (χ1) is 16.3. The van der Waals surface area contributed by atoms with E-state index >= 15 is 0 Å². The zero-order chi connectivity index (χ0) is 24.6. The van der Waals surface area contributed by atoms with Crippen molar-refractivity contribution in [3.63, 3.8) is 0 Å².